The van der Waals surface area contributed by atoms with E-state index in [2.05, 4.69) is 10.6 Å². The first-order chi connectivity index (χ1) is 16.0. The fourth-order valence-corrected chi connectivity index (χ4v) is 5.71. The maximum absolute atomic E-state index is 12.0. The van der Waals surface area contributed by atoms with Crippen LogP contribution in [-0.2, 0) is 16.1 Å². The van der Waals surface area contributed by atoms with E-state index < -0.39 is 5.91 Å². The first-order valence-electron chi connectivity index (χ1n) is 11.5. The number of amides is 3. The van der Waals surface area contributed by atoms with Gasteiger partial charge in [-0.3, -0.25) is 19.8 Å². The van der Waals surface area contributed by atoms with Crippen LogP contribution in [0.25, 0.3) is 0 Å². The van der Waals surface area contributed by atoms with Crippen molar-refractivity contribution >= 4 is 29.7 Å². The number of hydrazine groups is 1. The molecule has 10 nitrogen and oxygen atoms in total. The van der Waals surface area contributed by atoms with Crippen LogP contribution in [0.4, 0.5) is 4.79 Å². The summed E-state index contributed by atoms with van der Waals surface area (Å²) >= 11 is 1.89. The van der Waals surface area contributed by atoms with Crippen LogP contribution >= 0.6 is 11.8 Å². The summed E-state index contributed by atoms with van der Waals surface area (Å²) in [5.41, 5.74) is 2.01. The molecular formula is C22H33N5O5S. The van der Waals surface area contributed by atoms with E-state index in [-0.39, 0.29) is 35.2 Å². The molecule has 33 heavy (non-hydrogen) atoms. The quantitative estimate of drug-likeness (QED) is 0.0833. The smallest absolute Gasteiger partial charge is 0.315 e. The van der Waals surface area contributed by atoms with Crippen molar-refractivity contribution in [1.82, 2.24) is 20.6 Å². The van der Waals surface area contributed by atoms with Crippen LogP contribution < -0.4 is 27.5 Å². The van der Waals surface area contributed by atoms with Crippen LogP contribution in [0.5, 0.6) is 0 Å². The Bertz CT molecular complexity index is 892. The zero-order valence-electron chi connectivity index (χ0n) is 18.7. The van der Waals surface area contributed by atoms with Gasteiger partial charge >= 0.3 is 12.0 Å². The van der Waals surface area contributed by atoms with Gasteiger partial charge in [0.25, 0.3) is 11.5 Å². The zero-order valence-corrected chi connectivity index (χ0v) is 19.5. The standard InChI is InChI=1S/C22H33N5O5S/c23-26-21(30)15-9-11-27(18(28)13-15)10-5-1-2-6-12-32-19(29)8-4-3-7-17-20-16(14-33-17)24-22(31)25-20/h9,11,13,16-17,20H,1-8,10,12,14,23H2,(H,26,30)(H2,24,25,31)/t16-,17-,20-/m0/s1. The lowest BCUT2D eigenvalue weighted by Gasteiger charge is -2.16. The number of carbonyl (C=O) groups excluding carboxylic acids is 3. The van der Waals surface area contributed by atoms with E-state index in [1.54, 1.807) is 16.8 Å². The molecule has 0 saturated carbocycles. The van der Waals surface area contributed by atoms with Gasteiger partial charge in [-0.05, 0) is 38.2 Å². The van der Waals surface area contributed by atoms with Crippen LogP contribution in [-0.4, -0.2) is 52.2 Å². The van der Waals surface area contributed by atoms with Crippen LogP contribution in [0.1, 0.15) is 61.7 Å². The van der Waals surface area contributed by atoms with Crippen molar-refractivity contribution in [3.8, 4) is 0 Å². The van der Waals surface area contributed by atoms with E-state index >= 15 is 0 Å². The SMILES string of the molecule is NNC(=O)c1ccn(CCCCCCOC(=O)CCCC[C@@H]2SC[C@@H]3NC(=O)N[C@@H]32)c(=O)c1. The molecule has 2 fully saturated rings. The highest BCUT2D eigenvalue weighted by Gasteiger charge is 2.42. The maximum Gasteiger partial charge on any atom is 0.315 e. The molecule has 0 aliphatic carbocycles. The maximum atomic E-state index is 12.0. The highest BCUT2D eigenvalue weighted by Crippen LogP contribution is 2.33. The fourth-order valence-electron chi connectivity index (χ4n) is 4.17. The first-order valence-corrected chi connectivity index (χ1v) is 12.6. The summed E-state index contributed by atoms with van der Waals surface area (Å²) in [6.07, 6.45) is 8.22. The van der Waals surface area contributed by atoms with Gasteiger partial charge < -0.3 is 19.9 Å². The van der Waals surface area contributed by atoms with Gasteiger partial charge in [-0.15, -0.1) is 0 Å². The second kappa shape index (κ2) is 12.6. The number of aryl methyl sites for hydroxylation is 1. The molecule has 0 unspecified atom stereocenters. The number of nitrogen functional groups attached to an aromatic ring is 1. The number of urea groups is 1. The topological polar surface area (TPSA) is 145 Å². The van der Waals surface area contributed by atoms with E-state index in [1.165, 1.54) is 6.07 Å². The van der Waals surface area contributed by atoms with E-state index in [0.717, 1.165) is 50.7 Å². The van der Waals surface area contributed by atoms with Gasteiger partial charge in [0, 0.05) is 41.8 Å². The van der Waals surface area contributed by atoms with E-state index in [9.17, 15) is 19.2 Å². The van der Waals surface area contributed by atoms with E-state index in [4.69, 9.17) is 10.6 Å². The molecule has 0 radical (unpaired) electrons. The van der Waals surface area contributed by atoms with Crippen molar-refractivity contribution in [2.75, 3.05) is 12.4 Å². The number of nitrogens with two attached hydrogens (primary N) is 1. The Hall–Kier alpha value is -2.53. The molecule has 1 aromatic rings. The normalized spacial score (nSPS) is 21.2. The monoisotopic (exact) mass is 479 g/mol. The molecule has 1 aromatic heterocycles. The number of rotatable bonds is 13. The number of hydrogen-bond donors (Lipinski definition) is 4. The number of esters is 1. The van der Waals surface area contributed by atoms with E-state index in [1.807, 2.05) is 17.2 Å². The fraction of sp³-hybridized carbons (Fsp3) is 0.636. The number of carbonyl (C=O) groups is 3. The summed E-state index contributed by atoms with van der Waals surface area (Å²) in [6, 6.07) is 3.22. The average Bonchev–Trinajstić information content (AvgIpc) is 3.35. The Balaban J connectivity index is 1.18. The summed E-state index contributed by atoms with van der Waals surface area (Å²) in [5.74, 6) is 5.37. The van der Waals surface area contributed by atoms with Gasteiger partial charge in [-0.2, -0.15) is 11.8 Å². The van der Waals surface area contributed by atoms with Gasteiger partial charge in [0.15, 0.2) is 0 Å². The van der Waals surface area contributed by atoms with Crippen molar-refractivity contribution in [1.29, 1.82) is 0 Å². The Morgan fingerprint density at radius 3 is 2.76 bits per heavy atom. The molecule has 3 amide bonds. The van der Waals surface area contributed by atoms with Crippen LogP contribution in [0.3, 0.4) is 0 Å². The Morgan fingerprint density at radius 2 is 1.97 bits per heavy atom. The van der Waals surface area contributed by atoms with Crippen LogP contribution in [0, 0.1) is 0 Å². The summed E-state index contributed by atoms with van der Waals surface area (Å²) < 4.78 is 6.88. The Labute approximate surface area is 197 Å². The van der Waals surface area contributed by atoms with Crippen LogP contribution in [0.15, 0.2) is 23.1 Å². The highest BCUT2D eigenvalue weighted by molar-refractivity contribution is 8.00. The van der Waals surface area contributed by atoms with Gasteiger partial charge in [-0.1, -0.05) is 12.8 Å². The molecule has 182 valence electrons. The highest BCUT2D eigenvalue weighted by atomic mass is 32.2. The molecule has 0 bridgehead atoms. The minimum Gasteiger partial charge on any atom is -0.466 e. The van der Waals surface area contributed by atoms with Crippen molar-refractivity contribution in [3.63, 3.8) is 0 Å². The first kappa shape index (κ1) is 25.1. The molecule has 3 atom stereocenters. The molecular weight excluding hydrogens is 446 g/mol. The molecule has 11 heteroatoms. The number of hydrogen-bond acceptors (Lipinski definition) is 7. The third-order valence-electron chi connectivity index (χ3n) is 6.00. The number of nitrogens with one attached hydrogen (secondary N) is 3. The number of pyridine rings is 1. The zero-order chi connectivity index (χ0) is 23.6. The van der Waals surface area contributed by atoms with Gasteiger partial charge in [0.1, 0.15) is 0 Å². The lowest BCUT2D eigenvalue weighted by molar-refractivity contribution is -0.143. The molecule has 3 heterocycles. The van der Waals surface area contributed by atoms with Crippen molar-refractivity contribution < 1.29 is 19.1 Å². The third kappa shape index (κ3) is 7.50. The lowest BCUT2D eigenvalue weighted by Crippen LogP contribution is -2.36. The number of thioether (sulfide) groups is 1. The Morgan fingerprint density at radius 1 is 1.15 bits per heavy atom. The molecule has 5 N–H and O–H groups in total. The van der Waals surface area contributed by atoms with Crippen LogP contribution in [0.2, 0.25) is 0 Å². The van der Waals surface area contributed by atoms with Gasteiger partial charge in [0.05, 0.1) is 18.7 Å². The summed E-state index contributed by atoms with van der Waals surface area (Å²) in [4.78, 5) is 46.7. The Kier molecular flexibility index (Phi) is 9.61. The number of fused-ring (bicyclic) bond motifs is 1. The number of nitrogens with zero attached hydrogens (tertiary/aromatic N) is 1. The second-order valence-corrected chi connectivity index (χ2v) is 9.70. The van der Waals surface area contributed by atoms with Gasteiger partial charge in [-0.25, -0.2) is 10.6 Å². The second-order valence-electron chi connectivity index (χ2n) is 8.42. The largest absolute Gasteiger partial charge is 0.466 e. The lowest BCUT2D eigenvalue weighted by atomic mass is 10.0. The minimum atomic E-state index is -0.489. The molecule has 0 aromatic carbocycles. The average molecular weight is 480 g/mol. The van der Waals surface area contributed by atoms with Crippen molar-refractivity contribution in [2.45, 2.75) is 75.2 Å². The molecule has 2 saturated heterocycles. The third-order valence-corrected chi connectivity index (χ3v) is 7.51. The summed E-state index contributed by atoms with van der Waals surface area (Å²) in [6.45, 7) is 0.991. The number of ether oxygens (including phenoxy) is 1. The summed E-state index contributed by atoms with van der Waals surface area (Å²) in [7, 11) is 0. The minimum absolute atomic E-state index is 0.0692. The number of aromatic nitrogens is 1. The molecule has 2 aliphatic heterocycles. The predicted molar refractivity (Wildman–Crippen MR) is 126 cm³/mol. The van der Waals surface area contributed by atoms with Crippen molar-refractivity contribution in [2.24, 2.45) is 5.84 Å². The van der Waals surface area contributed by atoms with Crippen molar-refractivity contribution in [3.05, 3.63) is 34.2 Å². The van der Waals surface area contributed by atoms with Gasteiger partial charge in [0.2, 0.25) is 0 Å². The van der Waals surface area contributed by atoms with E-state index in [0.29, 0.717) is 24.8 Å². The predicted octanol–water partition coefficient (Wildman–Crippen LogP) is 1.28. The molecule has 2 aliphatic rings. The summed E-state index contributed by atoms with van der Waals surface area (Å²) in [5, 5.41) is 6.34. The number of unbranched alkanes of at least 4 members (excludes halogenated alkanes) is 4. The molecule has 3 rings (SSSR count). The molecule has 0 spiro atoms.